The minimum absolute atomic E-state index is 0.146. The first-order chi connectivity index (χ1) is 13.0. The highest BCUT2D eigenvalue weighted by molar-refractivity contribution is 7.89. The van der Waals surface area contributed by atoms with E-state index in [1.54, 1.807) is 31.4 Å². The van der Waals surface area contributed by atoms with Crippen LogP contribution < -0.4 is 10.1 Å². The Kier molecular flexibility index (Phi) is 6.13. The summed E-state index contributed by atoms with van der Waals surface area (Å²) < 4.78 is 32.4. The molecule has 0 bridgehead atoms. The highest BCUT2D eigenvalue weighted by Gasteiger charge is 2.26. The van der Waals surface area contributed by atoms with Gasteiger partial charge in [0.15, 0.2) is 0 Å². The number of benzene rings is 2. The summed E-state index contributed by atoms with van der Waals surface area (Å²) in [6.45, 7) is 1.10. The number of methoxy groups -OCH3 is 1. The maximum atomic E-state index is 12.8. The molecule has 1 amide bonds. The number of nitrogens with zero attached hydrogens (tertiary/aromatic N) is 1. The van der Waals surface area contributed by atoms with Crippen molar-refractivity contribution in [3.8, 4) is 5.75 Å². The monoisotopic (exact) mass is 388 g/mol. The van der Waals surface area contributed by atoms with E-state index in [0.29, 0.717) is 24.5 Å². The van der Waals surface area contributed by atoms with Crippen LogP contribution in [0.2, 0.25) is 0 Å². The third kappa shape index (κ3) is 4.67. The van der Waals surface area contributed by atoms with Crippen LogP contribution in [0.5, 0.6) is 5.75 Å². The molecule has 1 saturated heterocycles. The fourth-order valence-corrected chi connectivity index (χ4v) is 4.78. The number of nitrogens with one attached hydrogen (secondary N) is 1. The van der Waals surface area contributed by atoms with E-state index in [1.165, 1.54) is 10.4 Å². The number of rotatable bonds is 6. The zero-order valence-electron chi connectivity index (χ0n) is 15.3. The first-order valence-corrected chi connectivity index (χ1v) is 10.5. The molecule has 1 aliphatic rings. The molecule has 0 radical (unpaired) electrons. The van der Waals surface area contributed by atoms with Gasteiger partial charge in [-0.2, -0.15) is 4.31 Å². The van der Waals surface area contributed by atoms with Crippen molar-refractivity contribution >= 4 is 21.6 Å². The Morgan fingerprint density at radius 1 is 1.07 bits per heavy atom. The molecular formula is C20H24N2O4S. The molecule has 3 rings (SSSR count). The van der Waals surface area contributed by atoms with Crippen LogP contribution in [0.3, 0.4) is 0 Å². The van der Waals surface area contributed by atoms with Crippen LogP contribution in [0.25, 0.3) is 0 Å². The SMILES string of the molecule is COc1ccccc1CC(=O)Nc1cccc(S(=O)(=O)N2CCCCC2)c1. The van der Waals surface area contributed by atoms with Crippen LogP contribution in [-0.2, 0) is 21.2 Å². The second-order valence-electron chi connectivity index (χ2n) is 6.53. The predicted octanol–water partition coefficient (Wildman–Crippen LogP) is 3.05. The molecule has 0 saturated carbocycles. The second kappa shape index (κ2) is 8.54. The molecule has 0 aliphatic carbocycles. The van der Waals surface area contributed by atoms with Crippen LogP contribution in [0.15, 0.2) is 53.4 Å². The number of para-hydroxylation sites is 1. The molecule has 7 heteroatoms. The summed E-state index contributed by atoms with van der Waals surface area (Å²) in [6.07, 6.45) is 2.97. The first kappa shape index (κ1) is 19.4. The van der Waals surface area contributed by atoms with Crippen LogP contribution in [-0.4, -0.2) is 38.8 Å². The molecule has 1 N–H and O–H groups in total. The van der Waals surface area contributed by atoms with E-state index in [1.807, 2.05) is 18.2 Å². The van der Waals surface area contributed by atoms with Gasteiger partial charge in [0, 0.05) is 24.3 Å². The van der Waals surface area contributed by atoms with Crippen molar-refractivity contribution in [2.24, 2.45) is 0 Å². The Labute approximate surface area is 160 Å². The molecule has 1 aliphatic heterocycles. The molecular weight excluding hydrogens is 364 g/mol. The molecule has 0 aromatic heterocycles. The van der Waals surface area contributed by atoms with E-state index in [9.17, 15) is 13.2 Å². The predicted molar refractivity (Wildman–Crippen MR) is 104 cm³/mol. The van der Waals surface area contributed by atoms with Gasteiger partial charge < -0.3 is 10.1 Å². The van der Waals surface area contributed by atoms with Gasteiger partial charge in [0.1, 0.15) is 5.75 Å². The van der Waals surface area contributed by atoms with E-state index in [4.69, 9.17) is 4.74 Å². The number of amides is 1. The third-order valence-corrected chi connectivity index (χ3v) is 6.51. The quantitative estimate of drug-likeness (QED) is 0.825. The maximum Gasteiger partial charge on any atom is 0.243 e. The number of hydrogen-bond acceptors (Lipinski definition) is 4. The van der Waals surface area contributed by atoms with E-state index in [-0.39, 0.29) is 17.2 Å². The lowest BCUT2D eigenvalue weighted by molar-refractivity contribution is -0.115. The Hall–Kier alpha value is -2.38. The number of piperidine rings is 1. The van der Waals surface area contributed by atoms with Crippen LogP contribution >= 0.6 is 0 Å². The summed E-state index contributed by atoms with van der Waals surface area (Å²) in [5.41, 5.74) is 1.24. The van der Waals surface area contributed by atoms with Crippen molar-refractivity contribution < 1.29 is 17.9 Å². The summed E-state index contributed by atoms with van der Waals surface area (Å²) in [6, 6.07) is 13.7. The van der Waals surface area contributed by atoms with Gasteiger partial charge in [-0.15, -0.1) is 0 Å². The molecule has 0 unspecified atom stereocenters. The summed E-state index contributed by atoms with van der Waals surface area (Å²) >= 11 is 0. The van der Waals surface area contributed by atoms with Crippen molar-refractivity contribution in [1.82, 2.24) is 4.31 Å². The van der Waals surface area contributed by atoms with Gasteiger partial charge in [-0.05, 0) is 37.1 Å². The largest absolute Gasteiger partial charge is 0.496 e. The number of carbonyl (C=O) groups excluding carboxylic acids is 1. The van der Waals surface area contributed by atoms with Gasteiger partial charge in [-0.1, -0.05) is 30.7 Å². The van der Waals surface area contributed by atoms with Crippen LogP contribution in [0.1, 0.15) is 24.8 Å². The number of carbonyl (C=O) groups is 1. The van der Waals surface area contributed by atoms with Gasteiger partial charge in [-0.25, -0.2) is 8.42 Å². The van der Waals surface area contributed by atoms with Crippen molar-refractivity contribution in [2.45, 2.75) is 30.6 Å². The number of sulfonamides is 1. The average molecular weight is 388 g/mol. The lowest BCUT2D eigenvalue weighted by Gasteiger charge is -2.26. The number of anilines is 1. The molecule has 2 aromatic carbocycles. The molecule has 144 valence electrons. The molecule has 27 heavy (non-hydrogen) atoms. The van der Waals surface area contributed by atoms with Crippen molar-refractivity contribution in [2.75, 3.05) is 25.5 Å². The lowest BCUT2D eigenvalue weighted by atomic mass is 10.1. The average Bonchev–Trinajstić information content (AvgIpc) is 2.69. The second-order valence-corrected chi connectivity index (χ2v) is 8.47. The Balaban J connectivity index is 1.73. The van der Waals surface area contributed by atoms with E-state index in [0.717, 1.165) is 24.8 Å². The summed E-state index contributed by atoms with van der Waals surface area (Å²) in [7, 11) is -1.97. The van der Waals surface area contributed by atoms with Gasteiger partial charge in [0.05, 0.1) is 18.4 Å². The zero-order valence-corrected chi connectivity index (χ0v) is 16.2. The highest BCUT2D eigenvalue weighted by Crippen LogP contribution is 2.23. The standard InChI is InChI=1S/C20H24N2O4S/c1-26-19-11-4-3-8-16(19)14-20(23)21-17-9-7-10-18(15-17)27(24,25)22-12-5-2-6-13-22/h3-4,7-11,15H,2,5-6,12-14H2,1H3,(H,21,23). The Bertz CT molecular complexity index is 906. The number of hydrogen-bond donors (Lipinski definition) is 1. The molecule has 2 aromatic rings. The van der Waals surface area contributed by atoms with Crippen molar-refractivity contribution in [3.63, 3.8) is 0 Å². The lowest BCUT2D eigenvalue weighted by Crippen LogP contribution is -2.35. The van der Waals surface area contributed by atoms with Crippen LogP contribution in [0.4, 0.5) is 5.69 Å². The highest BCUT2D eigenvalue weighted by atomic mass is 32.2. The minimum Gasteiger partial charge on any atom is -0.496 e. The van der Waals surface area contributed by atoms with Crippen LogP contribution in [0, 0.1) is 0 Å². The summed E-state index contributed by atoms with van der Waals surface area (Å²) in [4.78, 5) is 12.6. The normalized spacial score (nSPS) is 15.3. The zero-order chi connectivity index (χ0) is 19.3. The first-order valence-electron chi connectivity index (χ1n) is 9.02. The van der Waals surface area contributed by atoms with Gasteiger partial charge >= 0.3 is 0 Å². The fourth-order valence-electron chi connectivity index (χ4n) is 3.22. The molecule has 6 nitrogen and oxygen atoms in total. The molecule has 0 spiro atoms. The Morgan fingerprint density at radius 2 is 1.81 bits per heavy atom. The Morgan fingerprint density at radius 3 is 2.56 bits per heavy atom. The van der Waals surface area contributed by atoms with Crippen molar-refractivity contribution in [3.05, 3.63) is 54.1 Å². The molecule has 1 fully saturated rings. The summed E-state index contributed by atoms with van der Waals surface area (Å²) in [5.74, 6) is 0.418. The third-order valence-electron chi connectivity index (χ3n) is 4.61. The van der Waals surface area contributed by atoms with Gasteiger partial charge in [0.25, 0.3) is 0 Å². The smallest absolute Gasteiger partial charge is 0.243 e. The number of ether oxygens (including phenoxy) is 1. The maximum absolute atomic E-state index is 12.8. The van der Waals surface area contributed by atoms with Gasteiger partial charge in [-0.3, -0.25) is 4.79 Å². The van der Waals surface area contributed by atoms with E-state index >= 15 is 0 Å². The topological polar surface area (TPSA) is 75.7 Å². The molecule has 0 atom stereocenters. The van der Waals surface area contributed by atoms with E-state index in [2.05, 4.69) is 5.32 Å². The fraction of sp³-hybridized carbons (Fsp3) is 0.350. The van der Waals surface area contributed by atoms with Gasteiger partial charge in [0.2, 0.25) is 15.9 Å². The minimum atomic E-state index is -3.53. The van der Waals surface area contributed by atoms with Crippen molar-refractivity contribution in [1.29, 1.82) is 0 Å². The van der Waals surface area contributed by atoms with E-state index < -0.39 is 10.0 Å². The molecule has 1 heterocycles. The summed E-state index contributed by atoms with van der Waals surface area (Å²) in [5, 5.41) is 2.78.